The van der Waals surface area contributed by atoms with E-state index in [1.54, 1.807) is 0 Å². The highest BCUT2D eigenvalue weighted by Crippen LogP contribution is 2.36. The van der Waals surface area contributed by atoms with Crippen LogP contribution in [0.1, 0.15) is 40.5 Å². The van der Waals surface area contributed by atoms with E-state index in [1.165, 1.54) is 0 Å². The quantitative estimate of drug-likeness (QED) is 0.504. The third kappa shape index (κ3) is 4.01. The van der Waals surface area contributed by atoms with Crippen molar-refractivity contribution in [3.05, 3.63) is 0 Å². The zero-order chi connectivity index (χ0) is 13.5. The Labute approximate surface area is 111 Å². The fraction of sp³-hybridized carbons (Fsp3) is 1.00. The molecule has 0 N–H and O–H groups in total. The van der Waals surface area contributed by atoms with E-state index >= 15 is 0 Å². The van der Waals surface area contributed by atoms with Crippen molar-refractivity contribution in [3.8, 4) is 0 Å². The molecular formula is C12H26O5Si. The number of hydrogen-bond donors (Lipinski definition) is 0. The number of rotatable bonds is 8. The lowest BCUT2D eigenvalue weighted by atomic mass is 10.3. The summed E-state index contributed by atoms with van der Waals surface area (Å²) in [6.07, 6.45) is 1.66. The Morgan fingerprint density at radius 1 is 0.944 bits per heavy atom. The van der Waals surface area contributed by atoms with Crippen LogP contribution in [0.5, 0.6) is 0 Å². The summed E-state index contributed by atoms with van der Waals surface area (Å²) >= 11 is 0. The molecule has 6 heteroatoms. The highest BCUT2D eigenvalue weighted by atomic mass is 28.4. The fourth-order valence-corrected chi connectivity index (χ4v) is 5.01. The van der Waals surface area contributed by atoms with Crippen molar-refractivity contribution in [3.63, 3.8) is 0 Å². The highest BCUT2D eigenvalue weighted by molar-refractivity contribution is 6.61. The summed E-state index contributed by atoms with van der Waals surface area (Å²) in [5.74, 6) is -0.974. The van der Waals surface area contributed by atoms with Crippen LogP contribution in [0.15, 0.2) is 0 Å². The Morgan fingerprint density at radius 3 is 1.94 bits per heavy atom. The molecule has 1 heterocycles. The molecule has 1 fully saturated rings. The van der Waals surface area contributed by atoms with Crippen molar-refractivity contribution in [1.82, 2.24) is 0 Å². The van der Waals surface area contributed by atoms with Gasteiger partial charge in [-0.15, -0.1) is 0 Å². The summed E-state index contributed by atoms with van der Waals surface area (Å²) in [5.41, 5.74) is 0. The van der Waals surface area contributed by atoms with Gasteiger partial charge in [0, 0.05) is 38.9 Å². The second-order valence-electron chi connectivity index (χ2n) is 4.05. The van der Waals surface area contributed by atoms with Gasteiger partial charge in [-0.25, -0.2) is 0 Å². The average Bonchev–Trinajstić information content (AvgIpc) is 2.30. The highest BCUT2D eigenvalue weighted by Gasteiger charge is 2.53. The van der Waals surface area contributed by atoms with Gasteiger partial charge in [-0.05, 0) is 34.1 Å². The first kappa shape index (κ1) is 16.1. The molecule has 0 radical (unpaired) electrons. The van der Waals surface area contributed by atoms with Crippen LogP contribution >= 0.6 is 0 Å². The van der Waals surface area contributed by atoms with Gasteiger partial charge in [0.2, 0.25) is 0 Å². The molecule has 1 aliphatic rings. The second-order valence-corrected chi connectivity index (χ2v) is 6.70. The van der Waals surface area contributed by atoms with Gasteiger partial charge < -0.3 is 22.8 Å². The topological polar surface area (TPSA) is 46.2 Å². The van der Waals surface area contributed by atoms with E-state index in [1.807, 2.05) is 27.7 Å². The van der Waals surface area contributed by atoms with E-state index in [2.05, 4.69) is 0 Å². The molecule has 18 heavy (non-hydrogen) atoms. The first-order chi connectivity index (χ1) is 8.66. The Kier molecular flexibility index (Phi) is 6.76. The minimum Gasteiger partial charge on any atom is -0.374 e. The van der Waals surface area contributed by atoms with Gasteiger partial charge >= 0.3 is 8.80 Å². The smallest absolute Gasteiger partial charge is 0.374 e. The van der Waals surface area contributed by atoms with Crippen LogP contribution in [0.25, 0.3) is 0 Å². The van der Waals surface area contributed by atoms with Crippen molar-refractivity contribution < 1.29 is 22.8 Å². The van der Waals surface area contributed by atoms with Crippen LogP contribution in [0.2, 0.25) is 6.04 Å². The van der Waals surface area contributed by atoms with E-state index in [0.29, 0.717) is 26.4 Å². The van der Waals surface area contributed by atoms with E-state index < -0.39 is 14.8 Å². The van der Waals surface area contributed by atoms with Gasteiger partial charge in [-0.1, -0.05) is 0 Å². The molecule has 108 valence electrons. The molecule has 1 saturated heterocycles. The predicted molar refractivity (Wildman–Crippen MR) is 70.1 cm³/mol. The lowest BCUT2D eigenvalue weighted by Gasteiger charge is -2.43. The lowest BCUT2D eigenvalue weighted by Crippen LogP contribution is -2.58. The first-order valence-electron chi connectivity index (χ1n) is 6.91. The maximum atomic E-state index is 6.07. The van der Waals surface area contributed by atoms with Crippen LogP contribution < -0.4 is 0 Å². The summed E-state index contributed by atoms with van der Waals surface area (Å²) in [6.45, 7) is 10.0. The van der Waals surface area contributed by atoms with Crippen molar-refractivity contribution in [2.45, 2.75) is 52.6 Å². The summed E-state index contributed by atoms with van der Waals surface area (Å²) in [5, 5.41) is 0. The molecule has 0 aromatic rings. The zero-order valence-electron chi connectivity index (χ0n) is 12.0. The number of ether oxygens (including phenoxy) is 2. The van der Waals surface area contributed by atoms with E-state index in [4.69, 9.17) is 22.8 Å². The molecule has 0 atom stereocenters. The monoisotopic (exact) mass is 278 g/mol. The zero-order valence-corrected chi connectivity index (χ0v) is 13.0. The normalized spacial score (nSPS) is 22.0. The molecule has 5 nitrogen and oxygen atoms in total. The van der Waals surface area contributed by atoms with Gasteiger partial charge in [0.05, 0.1) is 0 Å². The van der Waals surface area contributed by atoms with Gasteiger partial charge in [0.25, 0.3) is 5.97 Å². The third-order valence-corrected chi connectivity index (χ3v) is 5.78. The molecule has 0 aromatic carbocycles. The van der Waals surface area contributed by atoms with E-state index in [0.717, 1.165) is 18.9 Å². The second kappa shape index (κ2) is 7.57. The van der Waals surface area contributed by atoms with Crippen molar-refractivity contribution in [2.75, 3.05) is 26.4 Å². The minimum absolute atomic E-state index is 0.544. The van der Waals surface area contributed by atoms with Crippen molar-refractivity contribution in [2.24, 2.45) is 0 Å². The Morgan fingerprint density at radius 2 is 1.50 bits per heavy atom. The summed E-state index contributed by atoms with van der Waals surface area (Å²) in [7, 11) is -2.64. The van der Waals surface area contributed by atoms with E-state index in [-0.39, 0.29) is 0 Å². The molecule has 0 aliphatic carbocycles. The van der Waals surface area contributed by atoms with Crippen LogP contribution in [-0.4, -0.2) is 41.2 Å². The SMILES string of the molecule is CCOC1(OCC)CCC[Si](OCC)(OCC)O1. The van der Waals surface area contributed by atoms with Crippen LogP contribution in [0.3, 0.4) is 0 Å². The number of hydrogen-bond acceptors (Lipinski definition) is 5. The Balaban J connectivity index is 2.81. The summed E-state index contributed by atoms with van der Waals surface area (Å²) in [6, 6.07) is 0.830. The summed E-state index contributed by atoms with van der Waals surface area (Å²) < 4.78 is 29.0. The predicted octanol–water partition coefficient (Wildman–Crippen LogP) is 2.54. The Bertz CT molecular complexity index is 191. The molecule has 0 aromatic heterocycles. The van der Waals surface area contributed by atoms with Crippen LogP contribution in [-0.2, 0) is 22.8 Å². The standard InChI is InChI=1S/C12H26O5Si/c1-5-13-12(14-6-2)10-9-11-18(17-12,15-7-3)16-8-4/h5-11H2,1-4H3. The van der Waals surface area contributed by atoms with Gasteiger partial charge in [0.15, 0.2) is 0 Å². The maximum Gasteiger partial charge on any atom is 0.504 e. The largest absolute Gasteiger partial charge is 0.504 e. The molecule has 1 rings (SSSR count). The van der Waals surface area contributed by atoms with Gasteiger partial charge in [0.1, 0.15) is 0 Å². The molecule has 0 unspecified atom stereocenters. The fourth-order valence-electron chi connectivity index (χ4n) is 2.23. The Hall–Kier alpha value is 0.0169. The van der Waals surface area contributed by atoms with Crippen molar-refractivity contribution >= 4 is 8.80 Å². The molecule has 1 aliphatic heterocycles. The van der Waals surface area contributed by atoms with Gasteiger partial charge in [-0.3, -0.25) is 0 Å². The maximum absolute atomic E-state index is 6.07. The van der Waals surface area contributed by atoms with Crippen LogP contribution in [0.4, 0.5) is 0 Å². The van der Waals surface area contributed by atoms with Crippen LogP contribution in [0, 0.1) is 0 Å². The van der Waals surface area contributed by atoms with Gasteiger partial charge in [-0.2, -0.15) is 0 Å². The third-order valence-electron chi connectivity index (χ3n) is 2.73. The van der Waals surface area contributed by atoms with E-state index in [9.17, 15) is 0 Å². The first-order valence-corrected chi connectivity index (χ1v) is 8.85. The average molecular weight is 278 g/mol. The molecule has 0 saturated carbocycles. The molecule has 0 amide bonds. The molecule has 0 bridgehead atoms. The summed E-state index contributed by atoms with van der Waals surface area (Å²) in [4.78, 5) is 0. The van der Waals surface area contributed by atoms with Crippen molar-refractivity contribution in [1.29, 1.82) is 0 Å². The molecule has 0 spiro atoms. The minimum atomic E-state index is -2.64. The molecular weight excluding hydrogens is 252 g/mol. The lowest BCUT2D eigenvalue weighted by molar-refractivity contribution is -0.365.